The number of esters is 2. The Morgan fingerprint density at radius 1 is 0.921 bits per heavy atom. The topological polar surface area (TPSA) is 73.9 Å². The van der Waals surface area contributed by atoms with Gasteiger partial charge in [-0.2, -0.15) is 0 Å². The summed E-state index contributed by atoms with van der Waals surface area (Å²) in [7, 11) is 1.25. The number of halogens is 2. The number of nitrogens with one attached hydrogen (secondary N) is 1. The van der Waals surface area contributed by atoms with Crippen molar-refractivity contribution in [2.75, 3.05) is 18.4 Å². The Hall–Kier alpha value is -4.01. The first kappa shape index (κ1) is 27.0. The van der Waals surface area contributed by atoms with Crippen molar-refractivity contribution in [3.8, 4) is 16.9 Å². The fraction of sp³-hybridized carbons (Fsp3) is 0.103. The number of carbonyl (C=O) groups excluding carboxylic acids is 2. The number of carbonyl (C=O) groups is 2. The van der Waals surface area contributed by atoms with E-state index in [9.17, 15) is 14.0 Å². The highest BCUT2D eigenvalue weighted by Crippen LogP contribution is 2.38. The predicted molar refractivity (Wildman–Crippen MR) is 146 cm³/mol. The highest BCUT2D eigenvalue weighted by Gasteiger charge is 2.19. The zero-order chi connectivity index (χ0) is 26.9. The lowest BCUT2D eigenvalue weighted by molar-refractivity contribution is -0.147. The van der Waals surface area contributed by atoms with Gasteiger partial charge in [0.25, 0.3) is 0 Å². The van der Waals surface area contributed by atoms with Crippen LogP contribution in [0.2, 0.25) is 5.02 Å². The summed E-state index contributed by atoms with van der Waals surface area (Å²) in [5.74, 6) is -1.56. The first-order chi connectivity index (χ1) is 18.4. The molecular formula is C29H23ClFNO5S. The van der Waals surface area contributed by atoms with E-state index in [-0.39, 0.29) is 28.6 Å². The zero-order valence-corrected chi connectivity index (χ0v) is 21.9. The van der Waals surface area contributed by atoms with Crippen molar-refractivity contribution in [1.29, 1.82) is 0 Å². The molecule has 6 nitrogen and oxygen atoms in total. The Morgan fingerprint density at radius 2 is 1.63 bits per heavy atom. The molecule has 4 rings (SSSR count). The van der Waals surface area contributed by atoms with Crippen LogP contribution in [0, 0.1) is 5.82 Å². The van der Waals surface area contributed by atoms with Crippen molar-refractivity contribution < 1.29 is 28.2 Å². The van der Waals surface area contributed by atoms with Crippen LogP contribution in [0.25, 0.3) is 11.1 Å². The molecule has 0 fully saturated rings. The summed E-state index contributed by atoms with van der Waals surface area (Å²) in [6.07, 6.45) is 0. The third-order valence-electron chi connectivity index (χ3n) is 5.35. The van der Waals surface area contributed by atoms with Crippen LogP contribution in [0.3, 0.4) is 0 Å². The molecule has 4 aromatic rings. The van der Waals surface area contributed by atoms with Gasteiger partial charge in [-0.1, -0.05) is 78.3 Å². The van der Waals surface area contributed by atoms with Gasteiger partial charge in [0.1, 0.15) is 12.4 Å². The van der Waals surface area contributed by atoms with Gasteiger partial charge in [-0.25, -0.2) is 14.0 Å². The Labute approximate surface area is 228 Å². The lowest BCUT2D eigenvalue weighted by Gasteiger charge is -2.15. The van der Waals surface area contributed by atoms with E-state index in [2.05, 4.69) is 4.72 Å². The van der Waals surface area contributed by atoms with Crippen LogP contribution in [-0.4, -0.2) is 25.7 Å². The molecule has 38 heavy (non-hydrogen) atoms. The maximum Gasteiger partial charge on any atom is 0.344 e. The molecule has 0 saturated carbocycles. The van der Waals surface area contributed by atoms with E-state index in [1.807, 2.05) is 60.7 Å². The number of rotatable bonds is 10. The molecule has 1 N–H and O–H groups in total. The average Bonchev–Trinajstić information content (AvgIpc) is 2.95. The van der Waals surface area contributed by atoms with Crippen LogP contribution < -0.4 is 9.46 Å². The summed E-state index contributed by atoms with van der Waals surface area (Å²) in [4.78, 5) is 24.8. The standard InChI is InChI=1S/C29H23ClFNO5S/c1-35-29(34)22-14-23(30)28(37-18-27(33)36-17-19-8-4-2-5-9-19)26(16-22)38-32-25-15-21(12-13-24(25)31)20-10-6-3-7-11-20/h2-16,32H,17-18H2,1H3. The molecule has 0 radical (unpaired) electrons. The van der Waals surface area contributed by atoms with E-state index >= 15 is 0 Å². The van der Waals surface area contributed by atoms with Gasteiger partial charge >= 0.3 is 11.9 Å². The fourth-order valence-corrected chi connectivity index (χ4v) is 4.61. The minimum absolute atomic E-state index is 0.0755. The van der Waals surface area contributed by atoms with Gasteiger partial charge in [0, 0.05) is 0 Å². The van der Waals surface area contributed by atoms with Crippen LogP contribution in [0.15, 0.2) is 95.9 Å². The number of benzene rings is 4. The maximum absolute atomic E-state index is 14.6. The van der Waals surface area contributed by atoms with Gasteiger partial charge in [0.15, 0.2) is 12.4 Å². The molecule has 0 amide bonds. The van der Waals surface area contributed by atoms with Crippen molar-refractivity contribution >= 4 is 41.2 Å². The molecule has 0 bridgehead atoms. The molecule has 0 spiro atoms. The van der Waals surface area contributed by atoms with Crippen molar-refractivity contribution in [1.82, 2.24) is 0 Å². The molecule has 0 aromatic heterocycles. The first-order valence-electron chi connectivity index (χ1n) is 11.5. The minimum Gasteiger partial charge on any atom is -0.479 e. The fourth-order valence-electron chi connectivity index (χ4n) is 3.45. The second kappa shape index (κ2) is 13.0. The molecule has 0 unspecified atom stereocenters. The molecule has 0 aliphatic rings. The number of hydrogen-bond donors (Lipinski definition) is 1. The average molecular weight is 552 g/mol. The summed E-state index contributed by atoms with van der Waals surface area (Å²) >= 11 is 7.39. The third-order valence-corrected chi connectivity index (χ3v) is 6.48. The highest BCUT2D eigenvalue weighted by molar-refractivity contribution is 8.00. The lowest BCUT2D eigenvalue weighted by Crippen LogP contribution is -2.15. The van der Waals surface area contributed by atoms with Gasteiger partial charge in [-0.05, 0) is 52.9 Å². The Bertz CT molecular complexity index is 1420. The number of hydrogen-bond acceptors (Lipinski definition) is 7. The highest BCUT2D eigenvalue weighted by atomic mass is 35.5. The summed E-state index contributed by atoms with van der Waals surface area (Å²) in [6, 6.07) is 26.4. The van der Waals surface area contributed by atoms with Gasteiger partial charge in [-0.3, -0.25) is 0 Å². The number of anilines is 1. The van der Waals surface area contributed by atoms with Crippen LogP contribution in [-0.2, 0) is 20.9 Å². The second-order valence-corrected chi connectivity index (χ2v) is 9.23. The largest absolute Gasteiger partial charge is 0.479 e. The zero-order valence-electron chi connectivity index (χ0n) is 20.3. The van der Waals surface area contributed by atoms with E-state index in [1.54, 1.807) is 12.1 Å². The van der Waals surface area contributed by atoms with E-state index < -0.39 is 24.4 Å². The van der Waals surface area contributed by atoms with Gasteiger partial charge in [-0.15, -0.1) is 0 Å². The van der Waals surface area contributed by atoms with Crippen molar-refractivity contribution in [3.05, 3.63) is 113 Å². The second-order valence-electron chi connectivity index (χ2n) is 7.98. The molecule has 9 heteroatoms. The number of ether oxygens (including phenoxy) is 3. The van der Waals surface area contributed by atoms with Crippen molar-refractivity contribution in [2.45, 2.75) is 11.5 Å². The van der Waals surface area contributed by atoms with Gasteiger partial charge in [0.2, 0.25) is 0 Å². The first-order valence-corrected chi connectivity index (χ1v) is 12.7. The van der Waals surface area contributed by atoms with E-state index in [1.165, 1.54) is 25.3 Å². The Balaban J connectivity index is 1.52. The van der Waals surface area contributed by atoms with Crippen molar-refractivity contribution in [3.63, 3.8) is 0 Å². The van der Waals surface area contributed by atoms with E-state index in [0.717, 1.165) is 28.6 Å². The smallest absolute Gasteiger partial charge is 0.344 e. The molecule has 0 atom stereocenters. The Morgan fingerprint density at radius 3 is 2.34 bits per heavy atom. The maximum atomic E-state index is 14.6. The van der Waals surface area contributed by atoms with Gasteiger partial charge in [0.05, 0.1) is 28.3 Å². The van der Waals surface area contributed by atoms with Crippen LogP contribution in [0.5, 0.6) is 5.75 Å². The number of methoxy groups -OCH3 is 1. The van der Waals surface area contributed by atoms with Crippen LogP contribution >= 0.6 is 23.5 Å². The molecule has 0 aliphatic heterocycles. The van der Waals surface area contributed by atoms with Crippen LogP contribution in [0.1, 0.15) is 15.9 Å². The normalized spacial score (nSPS) is 10.5. The third kappa shape index (κ3) is 7.06. The summed E-state index contributed by atoms with van der Waals surface area (Å²) in [5, 5.41) is 0.0755. The summed E-state index contributed by atoms with van der Waals surface area (Å²) in [6.45, 7) is -0.326. The monoisotopic (exact) mass is 551 g/mol. The molecular weight excluding hydrogens is 529 g/mol. The SMILES string of the molecule is COC(=O)c1cc(Cl)c(OCC(=O)OCc2ccccc2)c(SNc2cc(-c3ccccc3)ccc2F)c1. The molecule has 194 valence electrons. The Kier molecular flexibility index (Phi) is 9.24. The quantitative estimate of drug-likeness (QED) is 0.165. The van der Waals surface area contributed by atoms with Crippen molar-refractivity contribution in [2.24, 2.45) is 0 Å². The molecule has 4 aromatic carbocycles. The lowest BCUT2D eigenvalue weighted by atomic mass is 10.1. The molecule has 0 saturated heterocycles. The summed E-state index contributed by atoms with van der Waals surface area (Å²) in [5.41, 5.74) is 2.95. The van der Waals surface area contributed by atoms with Crippen LogP contribution in [0.4, 0.5) is 10.1 Å². The summed E-state index contributed by atoms with van der Waals surface area (Å²) < 4.78 is 33.3. The molecule has 0 heterocycles. The minimum atomic E-state index is -0.611. The van der Waals surface area contributed by atoms with Gasteiger partial charge < -0.3 is 18.9 Å². The predicted octanol–water partition coefficient (Wildman–Crippen LogP) is 7.17. The van der Waals surface area contributed by atoms with E-state index in [4.69, 9.17) is 25.8 Å². The molecule has 0 aliphatic carbocycles. The van der Waals surface area contributed by atoms with E-state index in [0.29, 0.717) is 4.90 Å².